The summed E-state index contributed by atoms with van der Waals surface area (Å²) >= 11 is 0. The van der Waals surface area contributed by atoms with E-state index in [1.165, 1.54) is 63.7 Å². The number of alkyl halides is 6. The molecular formula is C33H29F6N3O8S. The lowest BCUT2D eigenvalue weighted by atomic mass is 10.0. The highest BCUT2D eigenvalue weighted by Crippen LogP contribution is 2.46. The first-order valence-corrected chi connectivity index (χ1v) is 16.5. The number of ether oxygens (including phenoxy) is 4. The van der Waals surface area contributed by atoms with E-state index in [1.807, 2.05) is 4.72 Å². The number of aromatic nitrogens is 1. The highest BCUT2D eigenvalue weighted by Gasteiger charge is 2.40. The van der Waals surface area contributed by atoms with Crippen molar-refractivity contribution >= 4 is 38.4 Å². The van der Waals surface area contributed by atoms with E-state index >= 15 is 0 Å². The van der Waals surface area contributed by atoms with E-state index in [0.29, 0.717) is 22.6 Å². The summed E-state index contributed by atoms with van der Waals surface area (Å²) in [5.74, 6) is -2.59. The third-order valence-electron chi connectivity index (χ3n) is 7.62. The number of rotatable bonds is 12. The first-order valence-electron chi connectivity index (χ1n) is 14.9. The van der Waals surface area contributed by atoms with Gasteiger partial charge in [-0.1, -0.05) is 12.1 Å². The SMILES string of the molecule is COc1ccc(OC)c(CC(=O)NS(=O)(=O)Cc2ccc(N3Cc4c(c(OCC(F)(F)F)c5cccnc5c4OCC(F)(F)F)C3=O)c(C)c2)c1. The van der Waals surface area contributed by atoms with Gasteiger partial charge in [-0.05, 0) is 54.4 Å². The van der Waals surface area contributed by atoms with Gasteiger partial charge in [0.2, 0.25) is 15.9 Å². The largest absolute Gasteiger partial charge is 0.497 e. The Labute approximate surface area is 287 Å². The Kier molecular flexibility index (Phi) is 10.3. The zero-order valence-electron chi connectivity index (χ0n) is 27.1. The van der Waals surface area contributed by atoms with E-state index in [4.69, 9.17) is 18.9 Å². The second kappa shape index (κ2) is 14.2. The number of pyridine rings is 1. The van der Waals surface area contributed by atoms with Gasteiger partial charge in [-0.15, -0.1) is 0 Å². The van der Waals surface area contributed by atoms with E-state index in [9.17, 15) is 44.3 Å². The van der Waals surface area contributed by atoms with E-state index in [-0.39, 0.29) is 34.1 Å². The number of nitrogens with zero attached hydrogens (tertiary/aromatic N) is 2. The molecule has 4 aromatic rings. The highest BCUT2D eigenvalue weighted by molar-refractivity contribution is 7.89. The molecule has 5 rings (SSSR count). The van der Waals surface area contributed by atoms with Crippen LogP contribution >= 0.6 is 0 Å². The van der Waals surface area contributed by atoms with Gasteiger partial charge in [0.25, 0.3) is 5.91 Å². The number of carbonyl (C=O) groups excluding carboxylic acids is 2. The molecule has 51 heavy (non-hydrogen) atoms. The molecule has 272 valence electrons. The van der Waals surface area contributed by atoms with Crippen LogP contribution in [0.1, 0.15) is 32.6 Å². The maximum Gasteiger partial charge on any atom is 0.422 e. The predicted octanol–water partition coefficient (Wildman–Crippen LogP) is 5.79. The smallest absolute Gasteiger partial charge is 0.422 e. The van der Waals surface area contributed by atoms with Crippen molar-refractivity contribution in [1.82, 2.24) is 9.71 Å². The first kappa shape index (κ1) is 37.0. The minimum absolute atomic E-state index is 0.169. The number of aryl methyl sites for hydroxylation is 1. The van der Waals surface area contributed by atoms with Crippen molar-refractivity contribution in [2.24, 2.45) is 0 Å². The van der Waals surface area contributed by atoms with Crippen LogP contribution in [-0.4, -0.2) is 65.0 Å². The average molecular weight is 742 g/mol. The molecule has 0 aliphatic carbocycles. The Morgan fingerprint density at radius 2 is 1.63 bits per heavy atom. The fourth-order valence-corrected chi connectivity index (χ4v) is 6.73. The normalized spacial score (nSPS) is 13.3. The lowest BCUT2D eigenvalue weighted by Crippen LogP contribution is -2.33. The molecule has 0 bridgehead atoms. The molecule has 0 spiro atoms. The molecule has 1 aliphatic rings. The third-order valence-corrected chi connectivity index (χ3v) is 8.87. The number of hydrogen-bond acceptors (Lipinski definition) is 9. The quantitative estimate of drug-likeness (QED) is 0.179. The van der Waals surface area contributed by atoms with Crippen LogP contribution < -0.4 is 28.6 Å². The van der Waals surface area contributed by atoms with Gasteiger partial charge in [-0.25, -0.2) is 8.42 Å². The average Bonchev–Trinajstić information content (AvgIpc) is 3.37. The van der Waals surface area contributed by atoms with Crippen LogP contribution in [0.5, 0.6) is 23.0 Å². The van der Waals surface area contributed by atoms with Gasteiger partial charge in [-0.2, -0.15) is 26.3 Å². The van der Waals surface area contributed by atoms with Crippen molar-refractivity contribution in [3.63, 3.8) is 0 Å². The van der Waals surface area contributed by atoms with Gasteiger partial charge in [0.05, 0.1) is 38.5 Å². The van der Waals surface area contributed by atoms with Crippen LogP contribution in [0.3, 0.4) is 0 Å². The molecule has 0 unspecified atom stereocenters. The van der Waals surface area contributed by atoms with Crippen LogP contribution in [0, 0.1) is 6.92 Å². The monoisotopic (exact) mass is 741 g/mol. The Hall–Kier alpha value is -5.26. The standard InChI is InChI=1S/C33H29F6N3O8S/c1-18-11-19(15-51(45,46)41-26(43)13-20-12-21(47-2)7-9-25(20)48-3)6-8-24(18)42-14-23-27(31(42)44)29(49-16-32(34,35)36)22-5-4-10-40-28(22)30(23)50-17-33(37,38)39/h4-12H,13-17H2,1-3H3,(H,41,43). The summed E-state index contributed by atoms with van der Waals surface area (Å²) in [7, 11) is -1.42. The second-order valence-electron chi connectivity index (χ2n) is 11.4. The summed E-state index contributed by atoms with van der Waals surface area (Å²) in [6.45, 7) is -2.48. The van der Waals surface area contributed by atoms with Crippen LogP contribution in [0.25, 0.3) is 10.9 Å². The molecule has 2 amide bonds. The van der Waals surface area contributed by atoms with Crippen LogP contribution in [-0.2, 0) is 33.5 Å². The fourth-order valence-electron chi connectivity index (χ4n) is 5.62. The van der Waals surface area contributed by atoms with Gasteiger partial charge in [0, 0.05) is 28.4 Å². The summed E-state index contributed by atoms with van der Waals surface area (Å²) in [6, 6.07) is 11.4. The number of benzene rings is 3. The molecule has 0 radical (unpaired) electrons. The Balaban J connectivity index is 1.42. The summed E-state index contributed by atoms with van der Waals surface area (Å²) in [4.78, 5) is 31.7. The molecule has 1 aliphatic heterocycles. The third kappa shape index (κ3) is 8.56. The van der Waals surface area contributed by atoms with Crippen LogP contribution in [0.4, 0.5) is 32.0 Å². The Morgan fingerprint density at radius 3 is 2.25 bits per heavy atom. The van der Waals surface area contributed by atoms with Crippen molar-refractivity contribution < 1.29 is 63.3 Å². The molecule has 0 fully saturated rings. The second-order valence-corrected chi connectivity index (χ2v) is 13.1. The molecule has 11 nitrogen and oxygen atoms in total. The molecule has 1 aromatic heterocycles. The Morgan fingerprint density at radius 1 is 0.941 bits per heavy atom. The molecule has 1 N–H and O–H groups in total. The number of carbonyl (C=O) groups is 2. The van der Waals surface area contributed by atoms with Crippen molar-refractivity contribution in [3.8, 4) is 23.0 Å². The van der Waals surface area contributed by atoms with Crippen molar-refractivity contribution in [3.05, 3.63) is 82.5 Å². The maximum absolute atomic E-state index is 13.9. The molecule has 2 heterocycles. The molecule has 0 saturated heterocycles. The molecular weight excluding hydrogens is 712 g/mol. The number of hydrogen-bond donors (Lipinski definition) is 1. The first-order chi connectivity index (χ1) is 23.9. The van der Waals surface area contributed by atoms with E-state index in [1.54, 1.807) is 12.1 Å². The maximum atomic E-state index is 13.9. The van der Waals surface area contributed by atoms with Crippen molar-refractivity contribution in [2.45, 2.75) is 38.0 Å². The number of anilines is 1. The van der Waals surface area contributed by atoms with Gasteiger partial charge in [0.1, 0.15) is 22.8 Å². The summed E-state index contributed by atoms with van der Waals surface area (Å²) in [6.07, 6.45) is -8.76. The number of sulfonamides is 1. The minimum atomic E-state index is -4.82. The van der Waals surface area contributed by atoms with Gasteiger partial charge in [0.15, 0.2) is 19.0 Å². The van der Waals surface area contributed by atoms with Crippen molar-refractivity contribution in [2.75, 3.05) is 32.3 Å². The van der Waals surface area contributed by atoms with Gasteiger partial charge >= 0.3 is 12.4 Å². The zero-order valence-corrected chi connectivity index (χ0v) is 27.9. The molecule has 0 atom stereocenters. The van der Waals surface area contributed by atoms with E-state index < -0.39 is 76.8 Å². The van der Waals surface area contributed by atoms with Crippen LogP contribution in [0.15, 0.2) is 54.7 Å². The van der Waals surface area contributed by atoms with Gasteiger partial charge < -0.3 is 23.8 Å². The lowest BCUT2D eigenvalue weighted by molar-refractivity contribution is -0.154. The Bertz CT molecular complexity index is 2110. The number of fused-ring (bicyclic) bond motifs is 2. The minimum Gasteiger partial charge on any atom is -0.497 e. The predicted molar refractivity (Wildman–Crippen MR) is 171 cm³/mol. The lowest BCUT2D eigenvalue weighted by Gasteiger charge is -2.19. The topological polar surface area (TPSA) is 133 Å². The van der Waals surface area contributed by atoms with Crippen molar-refractivity contribution in [1.29, 1.82) is 0 Å². The fraction of sp³-hybridized carbons (Fsp3) is 0.303. The van der Waals surface area contributed by atoms with Gasteiger partial charge in [-0.3, -0.25) is 19.3 Å². The molecule has 3 aromatic carbocycles. The van der Waals surface area contributed by atoms with E-state index in [0.717, 1.165) is 4.90 Å². The van der Waals surface area contributed by atoms with E-state index in [2.05, 4.69) is 4.98 Å². The molecule has 0 saturated carbocycles. The summed E-state index contributed by atoms with van der Waals surface area (Å²) in [5, 5.41) is -0.169. The zero-order chi connectivity index (χ0) is 37.3. The number of halogens is 6. The summed E-state index contributed by atoms with van der Waals surface area (Å²) in [5.41, 5.74) is 0.243. The number of amides is 2. The highest BCUT2D eigenvalue weighted by atomic mass is 32.2. The van der Waals surface area contributed by atoms with Crippen LogP contribution in [0.2, 0.25) is 0 Å². The molecule has 18 heteroatoms. The number of methoxy groups -OCH3 is 2. The number of nitrogens with one attached hydrogen (secondary N) is 1. The summed E-state index contributed by atoms with van der Waals surface area (Å²) < 4.78 is 128.